The summed E-state index contributed by atoms with van der Waals surface area (Å²) in [6, 6.07) is 0.341. The van der Waals surface area contributed by atoms with Gasteiger partial charge in [-0.15, -0.1) is 0 Å². The van der Waals surface area contributed by atoms with Crippen LogP contribution in [-0.2, 0) is 28.6 Å². The predicted octanol–water partition coefficient (Wildman–Crippen LogP) is -0.875. The Morgan fingerprint density at radius 3 is 2.18 bits per heavy atom. The summed E-state index contributed by atoms with van der Waals surface area (Å²) >= 11 is 0. The molecule has 1 aliphatic heterocycles. The molecule has 0 aromatic rings. The number of carbonyl (C=O) groups excluding carboxylic acids is 2. The van der Waals surface area contributed by atoms with Crippen molar-refractivity contribution in [1.82, 2.24) is 4.90 Å². The summed E-state index contributed by atoms with van der Waals surface area (Å²) in [6.07, 6.45) is 0.305. The largest absolute Gasteiger partial charge is 0.451 e. The number of rotatable bonds is 3. The van der Waals surface area contributed by atoms with Crippen molar-refractivity contribution >= 4 is 22.1 Å². The first-order valence-electron chi connectivity index (χ1n) is 5.07. The van der Waals surface area contributed by atoms with Crippen LogP contribution in [0.4, 0.5) is 0 Å². The van der Waals surface area contributed by atoms with Crippen LogP contribution in [0.5, 0.6) is 0 Å². The van der Waals surface area contributed by atoms with Gasteiger partial charge in [-0.3, -0.25) is 4.90 Å². The van der Waals surface area contributed by atoms with E-state index >= 15 is 0 Å². The molecule has 0 radical (unpaired) electrons. The lowest BCUT2D eigenvalue weighted by atomic mass is 10.1. The third-order valence-electron chi connectivity index (χ3n) is 2.27. The van der Waals surface area contributed by atoms with Gasteiger partial charge in [-0.2, -0.15) is 8.42 Å². The Hall–Kier alpha value is -1.15. The molecule has 0 unspecified atom stereocenters. The number of hydrogen-bond donors (Lipinski definition) is 0. The summed E-state index contributed by atoms with van der Waals surface area (Å²) in [5.41, 5.74) is 0. The number of esters is 1. The van der Waals surface area contributed by atoms with Crippen LogP contribution < -0.4 is 0 Å². The molecule has 1 aliphatic rings. The molecule has 0 aliphatic carbocycles. The third-order valence-corrected chi connectivity index (χ3v) is 2.73. The van der Waals surface area contributed by atoms with Gasteiger partial charge in [0.1, 0.15) is 6.10 Å². The van der Waals surface area contributed by atoms with Gasteiger partial charge < -0.3 is 8.92 Å². The molecule has 0 bridgehead atoms. The van der Waals surface area contributed by atoms with Crippen molar-refractivity contribution < 1.29 is 26.9 Å². The summed E-state index contributed by atoms with van der Waals surface area (Å²) in [7, 11) is -3.98. The minimum absolute atomic E-state index is 0.341. The highest BCUT2D eigenvalue weighted by molar-refractivity contribution is 7.86. The van der Waals surface area contributed by atoms with Crippen LogP contribution in [0.15, 0.2) is 0 Å². The van der Waals surface area contributed by atoms with Crippen molar-refractivity contribution in [2.45, 2.75) is 26.0 Å². The van der Waals surface area contributed by atoms with Gasteiger partial charge in [-0.1, -0.05) is 0 Å². The lowest BCUT2D eigenvalue weighted by Gasteiger charge is -2.40. The Bertz CT molecular complexity index is 409. The van der Waals surface area contributed by atoms with E-state index in [2.05, 4.69) is 4.18 Å². The second-order valence-electron chi connectivity index (χ2n) is 4.15. The maximum absolute atomic E-state index is 11.1. The zero-order valence-electron chi connectivity index (χ0n) is 9.87. The molecule has 0 spiro atoms. The molecule has 0 aromatic heterocycles. The zero-order valence-corrected chi connectivity index (χ0v) is 10.7. The fraction of sp³-hybridized carbons (Fsp3) is 0.778. The molecule has 1 fully saturated rings. The van der Waals surface area contributed by atoms with Gasteiger partial charge in [0, 0.05) is 19.1 Å². The first-order valence-corrected chi connectivity index (χ1v) is 6.89. The second-order valence-corrected chi connectivity index (χ2v) is 5.72. The van der Waals surface area contributed by atoms with Crippen molar-refractivity contribution in [3.63, 3.8) is 0 Å². The van der Waals surface area contributed by atoms with Gasteiger partial charge in [-0.25, -0.2) is 9.59 Å². The average Bonchev–Trinajstić information content (AvgIpc) is 2.06. The van der Waals surface area contributed by atoms with Gasteiger partial charge >= 0.3 is 22.1 Å². The van der Waals surface area contributed by atoms with E-state index in [-0.39, 0.29) is 6.10 Å². The van der Waals surface area contributed by atoms with Gasteiger partial charge in [0.25, 0.3) is 0 Å². The molecule has 1 heterocycles. The van der Waals surface area contributed by atoms with Crippen LogP contribution in [0, 0.1) is 0 Å². The highest BCUT2D eigenvalue weighted by Crippen LogP contribution is 2.15. The smallest absolute Gasteiger partial charge is 0.432 e. The normalized spacial score (nSPS) is 17.6. The predicted molar refractivity (Wildman–Crippen MR) is 57.5 cm³/mol. The monoisotopic (exact) mass is 265 g/mol. The van der Waals surface area contributed by atoms with Crippen LogP contribution in [0.3, 0.4) is 0 Å². The van der Waals surface area contributed by atoms with Crippen molar-refractivity contribution in [2.24, 2.45) is 0 Å². The molecule has 7 nitrogen and oxygen atoms in total. The summed E-state index contributed by atoms with van der Waals surface area (Å²) < 4.78 is 29.8. The highest BCUT2D eigenvalue weighted by Gasteiger charge is 2.34. The van der Waals surface area contributed by atoms with Crippen molar-refractivity contribution in [1.29, 1.82) is 0 Å². The van der Waals surface area contributed by atoms with Crippen molar-refractivity contribution in [3.05, 3.63) is 0 Å². The molecule has 17 heavy (non-hydrogen) atoms. The molecule has 0 saturated carbocycles. The van der Waals surface area contributed by atoms with Crippen molar-refractivity contribution in [2.75, 3.05) is 19.3 Å². The van der Waals surface area contributed by atoms with Crippen LogP contribution in [0.2, 0.25) is 0 Å². The highest BCUT2D eigenvalue weighted by atomic mass is 32.2. The van der Waals surface area contributed by atoms with E-state index in [9.17, 15) is 18.0 Å². The maximum atomic E-state index is 11.1. The Balaban J connectivity index is 2.34. The fourth-order valence-corrected chi connectivity index (χ4v) is 1.68. The Kier molecular flexibility index (Phi) is 4.10. The van der Waals surface area contributed by atoms with Gasteiger partial charge in [0.05, 0.1) is 6.26 Å². The molecular formula is C9H15NO6S. The topological polar surface area (TPSA) is 90.0 Å². The molecule has 1 saturated heterocycles. The van der Waals surface area contributed by atoms with Crippen molar-refractivity contribution in [3.8, 4) is 0 Å². The number of carbonyl (C=O) groups is 2. The lowest BCUT2D eigenvalue weighted by molar-refractivity contribution is -0.171. The summed E-state index contributed by atoms with van der Waals surface area (Å²) in [5.74, 6) is -2.78. The molecule has 0 atom stereocenters. The number of nitrogens with zero attached hydrogens (tertiary/aromatic N) is 1. The number of hydrogen-bond acceptors (Lipinski definition) is 7. The Labute approximate surface area is 99.8 Å². The van der Waals surface area contributed by atoms with E-state index in [0.717, 1.165) is 0 Å². The molecule has 1 rings (SSSR count). The minimum atomic E-state index is -3.98. The van der Waals surface area contributed by atoms with Gasteiger partial charge in [0.2, 0.25) is 0 Å². The van der Waals surface area contributed by atoms with Crippen LogP contribution >= 0.6 is 0 Å². The molecule has 8 heteroatoms. The summed E-state index contributed by atoms with van der Waals surface area (Å²) in [6.45, 7) is 5.07. The van der Waals surface area contributed by atoms with E-state index < -0.39 is 22.1 Å². The second kappa shape index (κ2) is 5.01. The van der Waals surface area contributed by atoms with Crippen LogP contribution in [0.1, 0.15) is 13.8 Å². The first kappa shape index (κ1) is 13.9. The molecular weight excluding hydrogens is 250 g/mol. The molecule has 0 amide bonds. The van der Waals surface area contributed by atoms with Gasteiger partial charge in [-0.05, 0) is 13.8 Å². The SMILES string of the molecule is CC(C)N1CC(OC(=O)C(=O)OS(C)(=O)=O)C1. The first-order chi connectivity index (χ1) is 7.69. The zero-order chi connectivity index (χ0) is 13.2. The minimum Gasteiger partial charge on any atom is -0.451 e. The van der Waals surface area contributed by atoms with E-state index in [1.807, 2.05) is 18.7 Å². The third kappa shape index (κ3) is 4.31. The summed E-state index contributed by atoms with van der Waals surface area (Å²) in [5, 5.41) is 0. The average molecular weight is 265 g/mol. The fourth-order valence-electron chi connectivity index (χ4n) is 1.34. The standard InChI is InChI=1S/C9H15NO6S/c1-6(2)10-4-7(5-10)15-8(11)9(12)16-17(3,13)14/h6-7H,4-5H2,1-3H3. The van der Waals surface area contributed by atoms with Gasteiger partial charge in [0.15, 0.2) is 0 Å². The summed E-state index contributed by atoms with van der Waals surface area (Å²) in [4.78, 5) is 24.1. The maximum Gasteiger partial charge on any atom is 0.432 e. The molecule has 0 N–H and O–H groups in total. The van der Waals surface area contributed by atoms with E-state index in [0.29, 0.717) is 25.4 Å². The number of likely N-dealkylation sites (tertiary alicyclic amines) is 1. The van der Waals surface area contributed by atoms with Crippen LogP contribution in [-0.4, -0.2) is 56.7 Å². The quantitative estimate of drug-likeness (QED) is 0.372. The molecule has 98 valence electrons. The van der Waals surface area contributed by atoms with Crippen LogP contribution in [0.25, 0.3) is 0 Å². The Morgan fingerprint density at radius 2 is 1.76 bits per heavy atom. The lowest BCUT2D eigenvalue weighted by Crippen LogP contribution is -2.56. The van der Waals surface area contributed by atoms with E-state index in [1.54, 1.807) is 0 Å². The molecule has 0 aromatic carbocycles. The number of ether oxygens (including phenoxy) is 1. The Morgan fingerprint density at radius 1 is 1.24 bits per heavy atom. The van der Waals surface area contributed by atoms with E-state index in [4.69, 9.17) is 4.74 Å². The van der Waals surface area contributed by atoms with E-state index in [1.165, 1.54) is 0 Å².